The molecule has 4 heteroatoms. The number of aliphatic hydroxyl groups is 1. The molecular weight excluding hydrogens is 288 g/mol. The first-order chi connectivity index (χ1) is 11.2. The molecule has 3 unspecified atom stereocenters. The lowest BCUT2D eigenvalue weighted by Crippen LogP contribution is -2.54. The lowest BCUT2D eigenvalue weighted by atomic mass is 9.73. The number of benzene rings is 1. The van der Waals surface area contributed by atoms with Gasteiger partial charge in [-0.1, -0.05) is 6.08 Å². The Morgan fingerprint density at radius 1 is 1.35 bits per heavy atom. The van der Waals surface area contributed by atoms with Gasteiger partial charge in [0.25, 0.3) is 0 Å². The molecule has 3 fully saturated rings. The summed E-state index contributed by atoms with van der Waals surface area (Å²) in [6, 6.07) is 7.14. The maximum Gasteiger partial charge on any atom is 0.116 e. The Kier molecular flexibility index (Phi) is 3.58. The van der Waals surface area contributed by atoms with Crippen molar-refractivity contribution >= 4 is 10.9 Å². The maximum absolute atomic E-state index is 11.0. The van der Waals surface area contributed by atoms with E-state index in [4.69, 9.17) is 0 Å². The van der Waals surface area contributed by atoms with Crippen LogP contribution in [0.25, 0.3) is 10.9 Å². The number of nitrogens with zero attached hydrogens (tertiary/aromatic N) is 2. The van der Waals surface area contributed by atoms with Crippen LogP contribution in [-0.4, -0.2) is 39.2 Å². The van der Waals surface area contributed by atoms with Crippen molar-refractivity contribution in [2.45, 2.75) is 25.0 Å². The minimum Gasteiger partial charge on any atom is -0.508 e. The Hall–Kier alpha value is -1.91. The molecule has 4 heterocycles. The minimum atomic E-state index is -0.559. The van der Waals surface area contributed by atoms with Crippen LogP contribution in [0, 0.1) is 11.8 Å². The van der Waals surface area contributed by atoms with Gasteiger partial charge in [0.1, 0.15) is 5.75 Å². The standard InChI is InChI=1S/C19H22N2O2/c1-2-12-11-21-8-6-13(12)9-18(21)19(23)15-5-7-20-17-4-3-14(22)10-16(15)17/h2-5,7,10,12-13,18-19,22-23H,1,6,8-9,11H2/t12?,13-,18?,19-/m0/s1. The summed E-state index contributed by atoms with van der Waals surface area (Å²) in [5, 5.41) is 21.7. The summed E-state index contributed by atoms with van der Waals surface area (Å²) in [5.41, 5.74) is 1.66. The van der Waals surface area contributed by atoms with Crippen molar-refractivity contribution in [3.8, 4) is 5.75 Å². The number of phenolic OH excluding ortho intramolecular Hbond substituents is 1. The summed E-state index contributed by atoms with van der Waals surface area (Å²) in [4.78, 5) is 6.73. The van der Waals surface area contributed by atoms with E-state index in [0.29, 0.717) is 11.8 Å². The van der Waals surface area contributed by atoms with E-state index >= 15 is 0 Å². The van der Waals surface area contributed by atoms with Gasteiger partial charge in [-0.15, -0.1) is 6.58 Å². The van der Waals surface area contributed by atoms with Gasteiger partial charge in [-0.05, 0) is 61.1 Å². The first kappa shape index (κ1) is 14.7. The minimum absolute atomic E-state index is 0.137. The molecule has 1 aromatic heterocycles. The molecule has 2 N–H and O–H groups in total. The fourth-order valence-electron chi connectivity index (χ4n) is 4.33. The van der Waals surface area contributed by atoms with Crippen molar-refractivity contribution in [3.05, 3.63) is 48.7 Å². The van der Waals surface area contributed by atoms with Crippen molar-refractivity contribution < 1.29 is 10.2 Å². The van der Waals surface area contributed by atoms with Gasteiger partial charge in [-0.25, -0.2) is 0 Å². The number of piperidine rings is 3. The molecule has 3 aliphatic heterocycles. The van der Waals surface area contributed by atoms with Crippen LogP contribution in [0.5, 0.6) is 5.75 Å². The monoisotopic (exact) mass is 310 g/mol. The van der Waals surface area contributed by atoms with E-state index in [-0.39, 0.29) is 11.8 Å². The zero-order valence-corrected chi connectivity index (χ0v) is 13.1. The second-order valence-corrected chi connectivity index (χ2v) is 6.79. The smallest absolute Gasteiger partial charge is 0.116 e. The van der Waals surface area contributed by atoms with Crippen LogP contribution in [0.1, 0.15) is 24.5 Å². The molecule has 2 aromatic rings. The van der Waals surface area contributed by atoms with Crippen molar-refractivity contribution in [2.24, 2.45) is 11.8 Å². The molecule has 5 atom stereocenters. The Morgan fingerprint density at radius 2 is 2.22 bits per heavy atom. The number of aliphatic hydroxyl groups excluding tert-OH is 1. The molecular formula is C19H22N2O2. The largest absolute Gasteiger partial charge is 0.508 e. The highest BCUT2D eigenvalue weighted by Crippen LogP contribution is 2.42. The lowest BCUT2D eigenvalue weighted by Gasteiger charge is -2.50. The summed E-state index contributed by atoms with van der Waals surface area (Å²) >= 11 is 0. The van der Waals surface area contributed by atoms with Crippen LogP contribution < -0.4 is 0 Å². The van der Waals surface area contributed by atoms with Gasteiger partial charge >= 0.3 is 0 Å². The Balaban J connectivity index is 1.69. The van der Waals surface area contributed by atoms with Gasteiger partial charge in [-0.2, -0.15) is 0 Å². The van der Waals surface area contributed by atoms with Gasteiger partial charge < -0.3 is 10.2 Å². The first-order valence-corrected chi connectivity index (χ1v) is 8.29. The second kappa shape index (κ2) is 5.62. The average Bonchev–Trinajstić information content (AvgIpc) is 2.60. The van der Waals surface area contributed by atoms with Crippen LogP contribution >= 0.6 is 0 Å². The lowest BCUT2D eigenvalue weighted by molar-refractivity contribution is -0.0444. The molecule has 3 saturated heterocycles. The number of hydrogen-bond donors (Lipinski definition) is 2. The molecule has 1 aromatic carbocycles. The third kappa shape index (κ3) is 2.42. The van der Waals surface area contributed by atoms with E-state index in [1.54, 1.807) is 24.4 Å². The second-order valence-electron chi connectivity index (χ2n) is 6.79. The molecule has 0 amide bonds. The SMILES string of the molecule is C=CC1CN2CC[C@H]1CC2[C@@H](O)c1ccnc2ccc(O)cc12. The van der Waals surface area contributed by atoms with Crippen LogP contribution in [0.3, 0.4) is 0 Å². The molecule has 0 saturated carbocycles. The van der Waals surface area contributed by atoms with Crippen molar-refractivity contribution in [1.29, 1.82) is 0 Å². The van der Waals surface area contributed by atoms with E-state index in [9.17, 15) is 10.2 Å². The molecule has 5 rings (SSSR count). The first-order valence-electron chi connectivity index (χ1n) is 8.29. The number of aromatic nitrogens is 1. The van der Waals surface area contributed by atoms with Crippen LogP contribution in [-0.2, 0) is 0 Å². The van der Waals surface area contributed by atoms with Gasteiger partial charge in [0.2, 0.25) is 0 Å². The number of phenols is 1. The van der Waals surface area contributed by atoms with E-state index in [1.807, 2.05) is 6.07 Å². The number of aromatic hydroxyl groups is 1. The molecule has 120 valence electrons. The molecule has 23 heavy (non-hydrogen) atoms. The predicted molar refractivity (Wildman–Crippen MR) is 90.1 cm³/mol. The third-order valence-corrected chi connectivity index (χ3v) is 5.60. The third-order valence-electron chi connectivity index (χ3n) is 5.60. The van der Waals surface area contributed by atoms with Crippen LogP contribution in [0.4, 0.5) is 0 Å². The Labute approximate surface area is 136 Å². The number of hydrogen-bond acceptors (Lipinski definition) is 4. The van der Waals surface area contributed by atoms with E-state index in [0.717, 1.165) is 36.0 Å². The number of fused-ring (bicyclic) bond motifs is 4. The summed E-state index contributed by atoms with van der Waals surface area (Å²) < 4.78 is 0. The van der Waals surface area contributed by atoms with Crippen LogP contribution in [0.15, 0.2) is 43.1 Å². The predicted octanol–water partition coefficient (Wildman–Crippen LogP) is 2.87. The van der Waals surface area contributed by atoms with E-state index < -0.39 is 6.10 Å². The molecule has 0 spiro atoms. The molecule has 2 bridgehead atoms. The highest BCUT2D eigenvalue weighted by atomic mass is 16.3. The highest BCUT2D eigenvalue weighted by molar-refractivity contribution is 5.83. The van der Waals surface area contributed by atoms with E-state index in [1.165, 1.54) is 6.42 Å². The molecule has 0 radical (unpaired) electrons. The van der Waals surface area contributed by atoms with Gasteiger partial charge in [0.15, 0.2) is 0 Å². The normalized spacial score (nSPS) is 31.2. The van der Waals surface area contributed by atoms with Crippen molar-refractivity contribution in [1.82, 2.24) is 9.88 Å². The summed E-state index contributed by atoms with van der Waals surface area (Å²) in [5.74, 6) is 1.38. The fraction of sp³-hybridized carbons (Fsp3) is 0.421. The summed E-state index contributed by atoms with van der Waals surface area (Å²) in [7, 11) is 0. The number of pyridine rings is 1. The quantitative estimate of drug-likeness (QED) is 0.856. The van der Waals surface area contributed by atoms with Gasteiger partial charge in [-0.3, -0.25) is 9.88 Å². The zero-order valence-electron chi connectivity index (χ0n) is 13.1. The Morgan fingerprint density at radius 3 is 2.96 bits per heavy atom. The number of rotatable bonds is 3. The van der Waals surface area contributed by atoms with Crippen molar-refractivity contribution in [2.75, 3.05) is 13.1 Å². The summed E-state index contributed by atoms with van der Waals surface area (Å²) in [6.45, 7) is 5.99. The highest BCUT2D eigenvalue weighted by Gasteiger charge is 2.42. The Bertz CT molecular complexity index is 745. The molecule has 0 aliphatic carbocycles. The maximum atomic E-state index is 11.0. The van der Waals surface area contributed by atoms with Gasteiger partial charge in [0.05, 0.1) is 11.6 Å². The van der Waals surface area contributed by atoms with Crippen molar-refractivity contribution in [3.63, 3.8) is 0 Å². The van der Waals surface area contributed by atoms with E-state index in [2.05, 4.69) is 22.5 Å². The molecule has 3 aliphatic rings. The van der Waals surface area contributed by atoms with Crippen LogP contribution in [0.2, 0.25) is 0 Å². The zero-order chi connectivity index (χ0) is 16.0. The fourth-order valence-corrected chi connectivity index (χ4v) is 4.33. The molecule has 4 nitrogen and oxygen atoms in total. The summed E-state index contributed by atoms with van der Waals surface area (Å²) in [6.07, 6.45) is 5.44. The topological polar surface area (TPSA) is 56.6 Å². The van der Waals surface area contributed by atoms with Gasteiger partial charge in [0, 0.05) is 24.2 Å². The average molecular weight is 310 g/mol.